The fourth-order valence-corrected chi connectivity index (χ4v) is 1.90. The zero-order chi connectivity index (χ0) is 13.9. The molecule has 2 aromatic heterocycles. The standard InChI is InChI=1S/C15H12N2O3/c18-15(19)11-4-6-13(7-5-11)20-10-12-9-17-8-2-1-3-14(17)16-12/h1-9H,10H2,(H,18,19)/p-1. The second-order valence-electron chi connectivity index (χ2n) is 4.30. The number of aromatic carboxylic acids is 1. The first-order valence-corrected chi connectivity index (χ1v) is 6.09. The van der Waals surface area contributed by atoms with Crippen LogP contribution in [0.25, 0.3) is 5.65 Å². The van der Waals surface area contributed by atoms with Crippen molar-refractivity contribution < 1.29 is 14.6 Å². The normalized spacial score (nSPS) is 10.6. The van der Waals surface area contributed by atoms with Gasteiger partial charge in [0.2, 0.25) is 0 Å². The van der Waals surface area contributed by atoms with E-state index in [1.165, 1.54) is 12.1 Å². The van der Waals surface area contributed by atoms with E-state index in [0.29, 0.717) is 12.4 Å². The predicted octanol–water partition coefficient (Wildman–Crippen LogP) is 1.28. The summed E-state index contributed by atoms with van der Waals surface area (Å²) in [5.74, 6) is -0.607. The highest BCUT2D eigenvalue weighted by Crippen LogP contribution is 2.14. The van der Waals surface area contributed by atoms with Gasteiger partial charge in [0, 0.05) is 12.4 Å². The maximum Gasteiger partial charge on any atom is 0.137 e. The highest BCUT2D eigenvalue weighted by Gasteiger charge is 2.02. The Kier molecular flexibility index (Phi) is 3.09. The van der Waals surface area contributed by atoms with Gasteiger partial charge in [-0.3, -0.25) is 0 Å². The van der Waals surface area contributed by atoms with Crippen LogP contribution in [0.3, 0.4) is 0 Å². The Balaban J connectivity index is 1.71. The second kappa shape index (κ2) is 5.05. The van der Waals surface area contributed by atoms with Gasteiger partial charge in [0.05, 0.1) is 11.7 Å². The zero-order valence-corrected chi connectivity index (χ0v) is 10.5. The van der Waals surface area contributed by atoms with Crippen molar-refractivity contribution in [1.29, 1.82) is 0 Å². The van der Waals surface area contributed by atoms with Gasteiger partial charge in [-0.2, -0.15) is 0 Å². The molecule has 0 amide bonds. The number of carbonyl (C=O) groups excluding carboxylic acids is 1. The summed E-state index contributed by atoms with van der Waals surface area (Å²) in [4.78, 5) is 15.0. The van der Waals surface area contributed by atoms with Crippen molar-refractivity contribution in [3.05, 3.63) is 66.1 Å². The largest absolute Gasteiger partial charge is 0.545 e. The summed E-state index contributed by atoms with van der Waals surface area (Å²) in [6.07, 6.45) is 3.81. The Labute approximate surface area is 115 Å². The SMILES string of the molecule is O=C([O-])c1ccc(OCc2cn3ccccc3n2)cc1. The van der Waals surface area contributed by atoms with Gasteiger partial charge in [-0.25, -0.2) is 4.98 Å². The van der Waals surface area contributed by atoms with Gasteiger partial charge in [0.15, 0.2) is 0 Å². The van der Waals surface area contributed by atoms with Crippen molar-refractivity contribution in [1.82, 2.24) is 9.38 Å². The molecular formula is C15H11N2O3-. The van der Waals surface area contributed by atoms with Crippen molar-refractivity contribution >= 4 is 11.6 Å². The fraction of sp³-hybridized carbons (Fsp3) is 0.0667. The summed E-state index contributed by atoms with van der Waals surface area (Å²) in [7, 11) is 0. The minimum Gasteiger partial charge on any atom is -0.545 e. The average molecular weight is 267 g/mol. The molecular weight excluding hydrogens is 256 g/mol. The number of imidazole rings is 1. The number of benzene rings is 1. The maximum atomic E-state index is 10.6. The molecule has 0 bridgehead atoms. The van der Waals surface area contributed by atoms with Crippen LogP contribution in [0.15, 0.2) is 54.9 Å². The van der Waals surface area contributed by atoms with Gasteiger partial charge >= 0.3 is 0 Å². The third-order valence-electron chi connectivity index (χ3n) is 2.89. The Morgan fingerprint density at radius 3 is 2.70 bits per heavy atom. The van der Waals surface area contributed by atoms with Crippen molar-refractivity contribution in [2.75, 3.05) is 0 Å². The van der Waals surface area contributed by atoms with Crippen LogP contribution in [0.2, 0.25) is 0 Å². The molecule has 0 saturated carbocycles. The maximum absolute atomic E-state index is 10.6. The Hall–Kier alpha value is -2.82. The molecule has 0 atom stereocenters. The molecule has 1 aromatic carbocycles. The molecule has 3 aromatic rings. The highest BCUT2D eigenvalue weighted by molar-refractivity contribution is 5.85. The summed E-state index contributed by atoms with van der Waals surface area (Å²) in [6, 6.07) is 11.9. The van der Waals surface area contributed by atoms with E-state index in [1.54, 1.807) is 12.1 Å². The molecule has 3 rings (SSSR count). The van der Waals surface area contributed by atoms with E-state index in [4.69, 9.17) is 4.74 Å². The molecule has 0 unspecified atom stereocenters. The first-order chi connectivity index (χ1) is 9.72. The van der Waals surface area contributed by atoms with Crippen LogP contribution in [-0.2, 0) is 6.61 Å². The molecule has 0 fully saturated rings. The van der Waals surface area contributed by atoms with E-state index in [-0.39, 0.29) is 5.56 Å². The molecule has 20 heavy (non-hydrogen) atoms. The summed E-state index contributed by atoms with van der Waals surface area (Å²) >= 11 is 0. The third-order valence-corrected chi connectivity index (χ3v) is 2.89. The second-order valence-corrected chi connectivity index (χ2v) is 4.30. The Bertz CT molecular complexity index is 714. The molecule has 0 aliphatic carbocycles. The summed E-state index contributed by atoms with van der Waals surface area (Å²) in [6.45, 7) is 0.326. The van der Waals surface area contributed by atoms with Crippen LogP contribution in [0.5, 0.6) is 5.75 Å². The van der Waals surface area contributed by atoms with Crippen molar-refractivity contribution in [2.45, 2.75) is 6.61 Å². The van der Waals surface area contributed by atoms with Crippen LogP contribution >= 0.6 is 0 Å². The molecule has 100 valence electrons. The van der Waals surface area contributed by atoms with Gasteiger partial charge in [0.25, 0.3) is 0 Å². The van der Waals surface area contributed by atoms with Crippen LogP contribution in [0.4, 0.5) is 0 Å². The minimum absolute atomic E-state index is 0.130. The molecule has 0 N–H and O–H groups in total. The molecule has 5 nitrogen and oxygen atoms in total. The summed E-state index contributed by atoms with van der Waals surface area (Å²) in [5, 5.41) is 10.6. The number of aromatic nitrogens is 2. The lowest BCUT2D eigenvalue weighted by atomic mass is 10.2. The number of carbonyl (C=O) groups is 1. The van der Waals surface area contributed by atoms with Crippen LogP contribution < -0.4 is 9.84 Å². The number of nitrogens with zero attached hydrogens (tertiary/aromatic N) is 2. The van der Waals surface area contributed by atoms with E-state index in [1.807, 2.05) is 35.0 Å². The van der Waals surface area contributed by atoms with Gasteiger partial charge < -0.3 is 19.0 Å². The summed E-state index contributed by atoms with van der Waals surface area (Å²) in [5.41, 5.74) is 1.80. The van der Waals surface area contributed by atoms with E-state index in [0.717, 1.165) is 11.3 Å². The van der Waals surface area contributed by atoms with Crippen LogP contribution in [-0.4, -0.2) is 15.4 Å². The average Bonchev–Trinajstić information content (AvgIpc) is 2.88. The number of hydrogen-bond donors (Lipinski definition) is 0. The first-order valence-electron chi connectivity index (χ1n) is 6.09. The fourth-order valence-electron chi connectivity index (χ4n) is 1.90. The number of fused-ring (bicyclic) bond motifs is 1. The number of carboxylic acids is 1. The molecule has 0 aliphatic rings. The smallest absolute Gasteiger partial charge is 0.137 e. The van der Waals surface area contributed by atoms with Crippen molar-refractivity contribution in [2.24, 2.45) is 0 Å². The van der Waals surface area contributed by atoms with E-state index < -0.39 is 5.97 Å². The lowest BCUT2D eigenvalue weighted by molar-refractivity contribution is -0.255. The van der Waals surface area contributed by atoms with Crippen LogP contribution in [0, 0.1) is 0 Å². The minimum atomic E-state index is -1.20. The highest BCUT2D eigenvalue weighted by atomic mass is 16.5. The predicted molar refractivity (Wildman–Crippen MR) is 70.3 cm³/mol. The molecule has 0 aliphatic heterocycles. The molecule has 2 heterocycles. The van der Waals surface area contributed by atoms with Crippen molar-refractivity contribution in [3.63, 3.8) is 0 Å². The number of rotatable bonds is 4. The first kappa shape index (κ1) is 12.2. The summed E-state index contributed by atoms with van der Waals surface area (Å²) < 4.78 is 7.48. The van der Waals surface area contributed by atoms with Gasteiger partial charge in [-0.15, -0.1) is 0 Å². The molecule has 0 saturated heterocycles. The number of carboxylic acid groups (broad SMARTS) is 1. The quantitative estimate of drug-likeness (QED) is 0.714. The molecule has 0 radical (unpaired) electrons. The number of hydrogen-bond acceptors (Lipinski definition) is 4. The molecule has 5 heteroatoms. The lowest BCUT2D eigenvalue weighted by Gasteiger charge is -2.06. The number of pyridine rings is 1. The monoisotopic (exact) mass is 267 g/mol. The van der Waals surface area contributed by atoms with Gasteiger partial charge in [-0.05, 0) is 42.0 Å². The van der Waals surface area contributed by atoms with Crippen molar-refractivity contribution in [3.8, 4) is 5.75 Å². The molecule has 0 spiro atoms. The van der Waals surface area contributed by atoms with Gasteiger partial charge in [-0.1, -0.05) is 6.07 Å². The Morgan fingerprint density at radius 2 is 2.00 bits per heavy atom. The zero-order valence-electron chi connectivity index (χ0n) is 10.5. The third kappa shape index (κ3) is 2.47. The Morgan fingerprint density at radius 1 is 1.20 bits per heavy atom. The van der Waals surface area contributed by atoms with E-state index in [9.17, 15) is 9.90 Å². The van der Waals surface area contributed by atoms with Gasteiger partial charge in [0.1, 0.15) is 18.0 Å². The number of ether oxygens (including phenoxy) is 1. The topological polar surface area (TPSA) is 66.7 Å². The lowest BCUT2D eigenvalue weighted by Crippen LogP contribution is -2.21. The van der Waals surface area contributed by atoms with E-state index in [2.05, 4.69) is 4.98 Å². The van der Waals surface area contributed by atoms with E-state index >= 15 is 0 Å². The van der Waals surface area contributed by atoms with Crippen LogP contribution in [0.1, 0.15) is 16.1 Å².